The Balaban J connectivity index is 1.88. The number of carbonyl (C=O) groups excluding carboxylic acids is 2. The molecule has 0 bridgehead atoms. The summed E-state index contributed by atoms with van der Waals surface area (Å²) in [6.45, 7) is 4.72. The van der Waals surface area contributed by atoms with Gasteiger partial charge in [0.2, 0.25) is 10.0 Å². The molecule has 160 valence electrons. The molecule has 0 aliphatic carbocycles. The van der Waals surface area contributed by atoms with Gasteiger partial charge in [0, 0.05) is 36.4 Å². The molecular weight excluding hydrogens is 409 g/mol. The van der Waals surface area contributed by atoms with E-state index in [0.29, 0.717) is 30.9 Å². The Morgan fingerprint density at radius 1 is 1.03 bits per heavy atom. The molecule has 0 spiro atoms. The summed E-state index contributed by atoms with van der Waals surface area (Å²) in [7, 11) is -4.01. The monoisotopic (exact) mass is 433 g/mol. The van der Waals surface area contributed by atoms with E-state index in [-0.39, 0.29) is 11.5 Å². The highest BCUT2D eigenvalue weighted by Crippen LogP contribution is 2.25. The molecular formula is C21H24FN3O4S. The summed E-state index contributed by atoms with van der Waals surface area (Å²) >= 11 is 0. The Hall–Kier alpha value is -2.78. The van der Waals surface area contributed by atoms with Crippen LogP contribution in [-0.2, 0) is 10.0 Å². The number of hydrogen-bond donors (Lipinski definition) is 2. The van der Waals surface area contributed by atoms with E-state index in [1.165, 1.54) is 10.4 Å². The van der Waals surface area contributed by atoms with Gasteiger partial charge in [-0.1, -0.05) is 6.07 Å². The number of aryl methyl sites for hydroxylation is 1. The van der Waals surface area contributed by atoms with E-state index >= 15 is 0 Å². The number of benzene rings is 2. The van der Waals surface area contributed by atoms with Gasteiger partial charge in [0.25, 0.3) is 11.8 Å². The third-order valence-corrected chi connectivity index (χ3v) is 6.88. The summed E-state index contributed by atoms with van der Waals surface area (Å²) in [5, 5.41) is 5.37. The average Bonchev–Trinajstić information content (AvgIpc) is 3.25. The molecule has 1 aliphatic heterocycles. The predicted molar refractivity (Wildman–Crippen MR) is 112 cm³/mol. The third-order valence-electron chi connectivity index (χ3n) is 4.96. The minimum atomic E-state index is -4.01. The number of rotatable bonds is 6. The van der Waals surface area contributed by atoms with E-state index in [4.69, 9.17) is 0 Å². The van der Waals surface area contributed by atoms with Gasteiger partial charge in [-0.2, -0.15) is 4.31 Å². The first-order chi connectivity index (χ1) is 14.2. The van der Waals surface area contributed by atoms with Crippen LogP contribution in [0.1, 0.15) is 46.0 Å². The van der Waals surface area contributed by atoms with Crippen molar-refractivity contribution >= 4 is 27.5 Å². The van der Waals surface area contributed by atoms with Crippen molar-refractivity contribution in [2.45, 2.75) is 31.6 Å². The first-order valence-electron chi connectivity index (χ1n) is 9.74. The van der Waals surface area contributed by atoms with Gasteiger partial charge in [0.05, 0.1) is 0 Å². The zero-order valence-corrected chi connectivity index (χ0v) is 17.7. The highest BCUT2D eigenvalue weighted by atomic mass is 32.2. The van der Waals surface area contributed by atoms with Gasteiger partial charge >= 0.3 is 0 Å². The molecule has 1 heterocycles. The molecule has 1 saturated heterocycles. The van der Waals surface area contributed by atoms with Crippen LogP contribution in [0.3, 0.4) is 0 Å². The fourth-order valence-electron chi connectivity index (χ4n) is 3.26. The number of amides is 2. The molecule has 30 heavy (non-hydrogen) atoms. The molecule has 0 radical (unpaired) electrons. The lowest BCUT2D eigenvalue weighted by molar-refractivity contribution is 0.0954. The minimum Gasteiger partial charge on any atom is -0.352 e. The second kappa shape index (κ2) is 8.93. The fraction of sp³-hybridized carbons (Fsp3) is 0.333. The van der Waals surface area contributed by atoms with E-state index < -0.39 is 26.6 Å². The molecule has 9 heteroatoms. The van der Waals surface area contributed by atoms with Crippen LogP contribution in [0.2, 0.25) is 0 Å². The largest absolute Gasteiger partial charge is 0.352 e. The van der Waals surface area contributed by atoms with Crippen LogP contribution in [0.5, 0.6) is 0 Å². The van der Waals surface area contributed by atoms with Crippen molar-refractivity contribution in [3.63, 3.8) is 0 Å². The normalized spacial score (nSPS) is 14.5. The van der Waals surface area contributed by atoms with Crippen LogP contribution in [0, 0.1) is 12.7 Å². The van der Waals surface area contributed by atoms with Gasteiger partial charge in [0.1, 0.15) is 10.7 Å². The molecule has 1 aliphatic rings. The highest BCUT2D eigenvalue weighted by Gasteiger charge is 2.30. The van der Waals surface area contributed by atoms with E-state index in [0.717, 1.165) is 30.5 Å². The molecule has 0 atom stereocenters. The van der Waals surface area contributed by atoms with Gasteiger partial charge < -0.3 is 10.6 Å². The van der Waals surface area contributed by atoms with Gasteiger partial charge in [0.15, 0.2) is 0 Å². The quantitative estimate of drug-likeness (QED) is 0.732. The molecule has 2 aromatic rings. The van der Waals surface area contributed by atoms with E-state index in [1.807, 2.05) is 0 Å². The van der Waals surface area contributed by atoms with E-state index in [1.54, 1.807) is 32.0 Å². The van der Waals surface area contributed by atoms with Crippen molar-refractivity contribution in [2.75, 3.05) is 25.0 Å². The lowest BCUT2D eigenvalue weighted by atomic mass is 10.1. The molecule has 7 nitrogen and oxygen atoms in total. The average molecular weight is 434 g/mol. The number of anilines is 1. The number of nitrogens with one attached hydrogen (secondary N) is 2. The molecule has 1 fully saturated rings. The van der Waals surface area contributed by atoms with E-state index in [9.17, 15) is 22.4 Å². The lowest BCUT2D eigenvalue weighted by Crippen LogP contribution is -2.29. The first-order valence-corrected chi connectivity index (χ1v) is 11.2. The van der Waals surface area contributed by atoms with Crippen LogP contribution in [0.4, 0.5) is 10.1 Å². The van der Waals surface area contributed by atoms with Crippen LogP contribution < -0.4 is 10.6 Å². The Morgan fingerprint density at radius 2 is 1.67 bits per heavy atom. The summed E-state index contributed by atoms with van der Waals surface area (Å²) in [5.41, 5.74) is 1.53. The Labute approximate surface area is 175 Å². The maximum Gasteiger partial charge on any atom is 0.255 e. The van der Waals surface area contributed by atoms with Crippen LogP contribution >= 0.6 is 0 Å². The molecule has 0 unspecified atom stereocenters. The Bertz CT molecular complexity index is 1080. The van der Waals surface area contributed by atoms with Crippen molar-refractivity contribution in [1.29, 1.82) is 0 Å². The van der Waals surface area contributed by atoms with Crippen molar-refractivity contribution in [1.82, 2.24) is 9.62 Å². The van der Waals surface area contributed by atoms with Gasteiger partial charge in [-0.3, -0.25) is 9.59 Å². The minimum absolute atomic E-state index is 0.0111. The van der Waals surface area contributed by atoms with Gasteiger partial charge in [-0.25, -0.2) is 12.8 Å². The number of sulfonamides is 1. The number of carbonyl (C=O) groups is 2. The zero-order chi connectivity index (χ0) is 21.9. The summed E-state index contributed by atoms with van der Waals surface area (Å²) in [6, 6.07) is 8.17. The second-order valence-corrected chi connectivity index (χ2v) is 9.01. The van der Waals surface area contributed by atoms with E-state index in [2.05, 4.69) is 10.6 Å². The van der Waals surface area contributed by atoms with Crippen molar-refractivity contribution in [3.05, 3.63) is 58.9 Å². The zero-order valence-electron chi connectivity index (χ0n) is 16.9. The summed E-state index contributed by atoms with van der Waals surface area (Å²) in [5.74, 6) is -1.76. The smallest absolute Gasteiger partial charge is 0.255 e. The number of halogens is 1. The summed E-state index contributed by atoms with van der Waals surface area (Å²) in [4.78, 5) is 24.3. The topological polar surface area (TPSA) is 95.6 Å². The molecule has 0 aromatic heterocycles. The predicted octanol–water partition coefficient (Wildman–Crippen LogP) is 2.92. The summed E-state index contributed by atoms with van der Waals surface area (Å²) < 4.78 is 41.0. The maximum absolute atomic E-state index is 14.3. The molecule has 3 rings (SSSR count). The van der Waals surface area contributed by atoms with Gasteiger partial charge in [-0.15, -0.1) is 0 Å². The van der Waals surface area contributed by atoms with Crippen LogP contribution in [-0.4, -0.2) is 44.2 Å². The Kier molecular flexibility index (Phi) is 6.52. The third kappa shape index (κ3) is 4.52. The van der Waals surface area contributed by atoms with Crippen LogP contribution in [0.25, 0.3) is 0 Å². The number of nitrogens with zero attached hydrogens (tertiary/aromatic N) is 1. The van der Waals surface area contributed by atoms with Crippen molar-refractivity contribution in [2.24, 2.45) is 0 Å². The SMILES string of the molecule is CCNC(=O)c1ccc(C)c(NC(=O)c2ccc(F)c(S(=O)(=O)N3CCCC3)c2)c1. The van der Waals surface area contributed by atoms with Crippen molar-refractivity contribution in [3.8, 4) is 0 Å². The Morgan fingerprint density at radius 3 is 2.33 bits per heavy atom. The fourth-order valence-corrected chi connectivity index (χ4v) is 4.87. The van der Waals surface area contributed by atoms with Crippen LogP contribution in [0.15, 0.2) is 41.3 Å². The standard InChI is InChI=1S/C21H24FN3O4S/c1-3-23-20(26)15-7-6-14(2)18(12-15)24-21(27)16-8-9-17(22)19(13-16)30(28,29)25-10-4-5-11-25/h6-9,12-13H,3-5,10-11H2,1-2H3,(H,23,26)(H,24,27). The second-order valence-electron chi connectivity index (χ2n) is 7.10. The molecule has 0 saturated carbocycles. The summed E-state index contributed by atoms with van der Waals surface area (Å²) in [6.07, 6.45) is 1.45. The maximum atomic E-state index is 14.3. The first kappa shape index (κ1) is 21.9. The number of hydrogen-bond acceptors (Lipinski definition) is 4. The molecule has 2 aromatic carbocycles. The molecule has 2 N–H and O–H groups in total. The highest BCUT2D eigenvalue weighted by molar-refractivity contribution is 7.89. The molecule has 2 amide bonds. The lowest BCUT2D eigenvalue weighted by Gasteiger charge is -2.17. The van der Waals surface area contributed by atoms with Gasteiger partial charge in [-0.05, 0) is 62.6 Å². The van der Waals surface area contributed by atoms with Crippen molar-refractivity contribution < 1.29 is 22.4 Å².